The first-order valence-corrected chi connectivity index (χ1v) is 8.03. The molecule has 1 aromatic heterocycles. The van der Waals surface area contributed by atoms with Gasteiger partial charge in [0.05, 0.1) is 12.7 Å². The molecular weight excluding hydrogens is 344 g/mol. The van der Waals surface area contributed by atoms with Crippen LogP contribution in [0.15, 0.2) is 41.0 Å². The van der Waals surface area contributed by atoms with Crippen LogP contribution in [0.4, 0.5) is 0 Å². The molecule has 1 aromatic carbocycles. The van der Waals surface area contributed by atoms with Crippen LogP contribution < -0.4 is 10.1 Å². The highest BCUT2D eigenvalue weighted by Gasteiger charge is 2.24. The molecule has 1 heterocycles. The van der Waals surface area contributed by atoms with Crippen LogP contribution in [0.3, 0.4) is 0 Å². The molecule has 3 rings (SSSR count). The monoisotopic (exact) mass is 360 g/mol. The molecule has 5 heteroatoms. The number of benzene rings is 1. The molecule has 1 fully saturated rings. The van der Waals surface area contributed by atoms with E-state index < -0.39 is 0 Å². The van der Waals surface area contributed by atoms with Crippen LogP contribution >= 0.6 is 15.9 Å². The van der Waals surface area contributed by atoms with E-state index in [0.29, 0.717) is 23.8 Å². The number of amides is 1. The molecule has 0 saturated heterocycles. The van der Waals surface area contributed by atoms with Gasteiger partial charge < -0.3 is 10.1 Å². The highest BCUT2D eigenvalue weighted by molar-refractivity contribution is 9.10. The third-order valence-corrected chi connectivity index (χ3v) is 4.41. The van der Waals surface area contributed by atoms with Crippen LogP contribution in [0.2, 0.25) is 0 Å². The SMILES string of the molecule is COc1ccc(Br)c(C(=O)NCc2ccc(C3CC3)nc2)c1. The molecule has 114 valence electrons. The minimum Gasteiger partial charge on any atom is -0.497 e. The standard InChI is InChI=1S/C17H17BrN2O2/c1-22-13-5-6-15(18)14(8-13)17(21)20-10-11-2-7-16(19-9-11)12-3-4-12/h2,5-9,12H,3-4,10H2,1H3,(H,20,21). The average Bonchev–Trinajstić information content (AvgIpc) is 3.38. The lowest BCUT2D eigenvalue weighted by Crippen LogP contribution is -2.23. The third-order valence-electron chi connectivity index (χ3n) is 3.71. The van der Waals surface area contributed by atoms with Crippen LogP contribution in [0.5, 0.6) is 5.75 Å². The zero-order valence-corrected chi connectivity index (χ0v) is 13.9. The number of aromatic nitrogens is 1. The maximum Gasteiger partial charge on any atom is 0.252 e. The first-order valence-electron chi connectivity index (χ1n) is 7.24. The summed E-state index contributed by atoms with van der Waals surface area (Å²) >= 11 is 3.39. The molecule has 4 nitrogen and oxygen atoms in total. The Hall–Kier alpha value is -1.88. The maximum atomic E-state index is 12.3. The molecule has 0 bridgehead atoms. The van der Waals surface area contributed by atoms with Crippen molar-refractivity contribution in [2.75, 3.05) is 7.11 Å². The van der Waals surface area contributed by atoms with Crippen LogP contribution in [0, 0.1) is 0 Å². The fourth-order valence-corrected chi connectivity index (χ4v) is 2.67. The van der Waals surface area contributed by atoms with Crippen molar-refractivity contribution in [3.8, 4) is 5.75 Å². The van der Waals surface area contributed by atoms with Gasteiger partial charge in [0.25, 0.3) is 5.91 Å². The van der Waals surface area contributed by atoms with Crippen LogP contribution in [-0.2, 0) is 6.54 Å². The van der Waals surface area contributed by atoms with E-state index in [-0.39, 0.29) is 5.91 Å². The van der Waals surface area contributed by atoms with Crippen molar-refractivity contribution in [3.05, 3.63) is 57.8 Å². The number of halogens is 1. The Balaban J connectivity index is 1.64. The molecule has 1 amide bonds. The normalized spacial score (nSPS) is 13.7. The van der Waals surface area contributed by atoms with Crippen LogP contribution in [0.25, 0.3) is 0 Å². The number of methoxy groups -OCH3 is 1. The summed E-state index contributed by atoms with van der Waals surface area (Å²) in [5.41, 5.74) is 2.71. The minimum atomic E-state index is -0.142. The first kappa shape index (κ1) is 15.0. The summed E-state index contributed by atoms with van der Waals surface area (Å²) in [5, 5.41) is 2.91. The van der Waals surface area contributed by atoms with E-state index in [1.165, 1.54) is 12.8 Å². The summed E-state index contributed by atoms with van der Waals surface area (Å²) in [5.74, 6) is 1.16. The van der Waals surface area contributed by atoms with Crippen molar-refractivity contribution in [2.45, 2.75) is 25.3 Å². The van der Waals surface area contributed by atoms with E-state index in [1.54, 1.807) is 25.3 Å². The van der Waals surface area contributed by atoms with Crippen LogP contribution in [0.1, 0.15) is 40.4 Å². The maximum absolute atomic E-state index is 12.3. The Labute approximate surface area is 138 Å². The van der Waals surface area contributed by atoms with Crippen LogP contribution in [-0.4, -0.2) is 18.0 Å². The Morgan fingerprint density at radius 1 is 1.36 bits per heavy atom. The van der Waals surface area contributed by atoms with Crippen molar-refractivity contribution in [1.29, 1.82) is 0 Å². The van der Waals surface area contributed by atoms with E-state index in [4.69, 9.17) is 4.74 Å². The molecule has 1 aliphatic carbocycles. The van der Waals surface area contributed by atoms with Gasteiger partial charge in [0, 0.05) is 28.8 Å². The zero-order chi connectivity index (χ0) is 15.5. The highest BCUT2D eigenvalue weighted by Crippen LogP contribution is 2.38. The molecule has 2 aromatic rings. The quantitative estimate of drug-likeness (QED) is 0.884. The molecule has 1 N–H and O–H groups in total. The molecule has 0 spiro atoms. The Morgan fingerprint density at radius 3 is 2.82 bits per heavy atom. The van der Waals surface area contributed by atoms with Gasteiger partial charge in [-0.15, -0.1) is 0 Å². The van der Waals surface area contributed by atoms with Gasteiger partial charge in [-0.1, -0.05) is 6.07 Å². The summed E-state index contributed by atoms with van der Waals surface area (Å²) in [7, 11) is 1.58. The number of carbonyl (C=O) groups excluding carboxylic acids is 1. The number of nitrogens with one attached hydrogen (secondary N) is 1. The van der Waals surface area contributed by atoms with Gasteiger partial charge in [-0.2, -0.15) is 0 Å². The summed E-state index contributed by atoms with van der Waals surface area (Å²) < 4.78 is 5.90. The highest BCUT2D eigenvalue weighted by atomic mass is 79.9. The molecule has 22 heavy (non-hydrogen) atoms. The Morgan fingerprint density at radius 2 is 2.18 bits per heavy atom. The molecule has 0 radical (unpaired) electrons. The van der Waals surface area contributed by atoms with E-state index in [0.717, 1.165) is 15.7 Å². The largest absolute Gasteiger partial charge is 0.497 e. The smallest absolute Gasteiger partial charge is 0.252 e. The Kier molecular flexibility index (Phi) is 4.43. The molecule has 1 saturated carbocycles. The summed E-state index contributed by atoms with van der Waals surface area (Å²) in [6.07, 6.45) is 4.33. The van der Waals surface area contributed by atoms with E-state index in [1.807, 2.05) is 12.3 Å². The van der Waals surface area contributed by atoms with Gasteiger partial charge in [-0.25, -0.2) is 0 Å². The van der Waals surface area contributed by atoms with Crippen molar-refractivity contribution < 1.29 is 9.53 Å². The van der Waals surface area contributed by atoms with E-state index in [2.05, 4.69) is 32.3 Å². The number of hydrogen-bond donors (Lipinski definition) is 1. The molecule has 0 atom stereocenters. The lowest BCUT2D eigenvalue weighted by atomic mass is 10.2. The second-order valence-corrected chi connectivity index (χ2v) is 6.25. The minimum absolute atomic E-state index is 0.142. The zero-order valence-electron chi connectivity index (χ0n) is 12.3. The summed E-state index contributed by atoms with van der Waals surface area (Å²) in [6, 6.07) is 9.41. The predicted octanol–water partition coefficient (Wildman–Crippen LogP) is 3.66. The second kappa shape index (κ2) is 6.48. The number of ether oxygens (including phenoxy) is 1. The van der Waals surface area contributed by atoms with Gasteiger partial charge >= 0.3 is 0 Å². The predicted molar refractivity (Wildman–Crippen MR) is 88.1 cm³/mol. The molecule has 0 unspecified atom stereocenters. The van der Waals surface area contributed by atoms with Gasteiger partial charge in [-0.05, 0) is 58.6 Å². The number of pyridine rings is 1. The number of rotatable bonds is 5. The first-order chi connectivity index (χ1) is 10.7. The van der Waals surface area contributed by atoms with Crippen molar-refractivity contribution in [3.63, 3.8) is 0 Å². The molecule has 0 aliphatic heterocycles. The van der Waals surface area contributed by atoms with Crippen molar-refractivity contribution >= 4 is 21.8 Å². The Bertz CT molecular complexity index is 682. The summed E-state index contributed by atoms with van der Waals surface area (Å²) in [6.45, 7) is 0.459. The number of hydrogen-bond acceptors (Lipinski definition) is 3. The van der Waals surface area contributed by atoms with Gasteiger partial charge in [-0.3, -0.25) is 9.78 Å². The lowest BCUT2D eigenvalue weighted by Gasteiger charge is -2.09. The molecular formula is C17H17BrN2O2. The summed E-state index contributed by atoms with van der Waals surface area (Å²) in [4.78, 5) is 16.7. The van der Waals surface area contributed by atoms with Gasteiger partial charge in [0.2, 0.25) is 0 Å². The van der Waals surface area contributed by atoms with Gasteiger partial charge in [0.15, 0.2) is 0 Å². The fraction of sp³-hybridized carbons (Fsp3) is 0.294. The van der Waals surface area contributed by atoms with Gasteiger partial charge in [0.1, 0.15) is 5.75 Å². The second-order valence-electron chi connectivity index (χ2n) is 5.39. The fourth-order valence-electron chi connectivity index (χ4n) is 2.24. The number of nitrogens with zero attached hydrogens (tertiary/aromatic N) is 1. The number of carbonyl (C=O) groups is 1. The van der Waals surface area contributed by atoms with E-state index >= 15 is 0 Å². The lowest BCUT2D eigenvalue weighted by molar-refractivity contribution is 0.0949. The van der Waals surface area contributed by atoms with Crippen molar-refractivity contribution in [1.82, 2.24) is 10.3 Å². The molecule has 1 aliphatic rings. The topological polar surface area (TPSA) is 51.2 Å². The van der Waals surface area contributed by atoms with E-state index in [9.17, 15) is 4.79 Å². The van der Waals surface area contributed by atoms with Crippen molar-refractivity contribution in [2.24, 2.45) is 0 Å². The third kappa shape index (κ3) is 3.47. The average molecular weight is 361 g/mol.